The summed E-state index contributed by atoms with van der Waals surface area (Å²) in [6.45, 7) is 0. The molecule has 1 unspecified atom stereocenters. The lowest BCUT2D eigenvalue weighted by molar-refractivity contribution is 0.780. The van der Waals surface area contributed by atoms with E-state index in [1.54, 1.807) is 0 Å². The van der Waals surface area contributed by atoms with Gasteiger partial charge >= 0.3 is 0 Å². The van der Waals surface area contributed by atoms with Crippen molar-refractivity contribution in [2.24, 2.45) is 0 Å². The molecule has 3 aromatic rings. The van der Waals surface area contributed by atoms with Crippen molar-refractivity contribution in [1.29, 1.82) is 0 Å². The van der Waals surface area contributed by atoms with E-state index in [4.69, 9.17) is 11.6 Å². The second kappa shape index (κ2) is 5.47. The van der Waals surface area contributed by atoms with Crippen LogP contribution in [-0.2, 0) is 5.41 Å². The summed E-state index contributed by atoms with van der Waals surface area (Å²) in [6, 6.07) is 21.9. The molecule has 0 nitrogen and oxygen atoms in total. The van der Waals surface area contributed by atoms with Crippen LogP contribution in [0.2, 0.25) is 5.02 Å². The van der Waals surface area contributed by atoms with E-state index in [0.717, 1.165) is 22.3 Å². The first-order chi connectivity index (χ1) is 13.2. The molecule has 130 valence electrons. The number of hydrogen-bond acceptors (Lipinski definition) is 0. The van der Waals surface area contributed by atoms with Gasteiger partial charge in [-0.2, -0.15) is 0 Å². The molecule has 0 aromatic heterocycles. The standard InChI is InChI=1S/C25H16BrCl/c26-15-12-13-17-16-6-1-3-8-19(16)25(22(17)14-15)20-9-4-2-7-18(20)24-21(25)10-5-11-23(24)27/h2-5,7-14H,1,6H2. The van der Waals surface area contributed by atoms with Gasteiger partial charge in [0.05, 0.1) is 5.41 Å². The average molecular weight is 432 g/mol. The maximum atomic E-state index is 6.75. The van der Waals surface area contributed by atoms with Crippen molar-refractivity contribution >= 4 is 33.1 Å². The Morgan fingerprint density at radius 3 is 2.63 bits per heavy atom. The highest BCUT2D eigenvalue weighted by Crippen LogP contribution is 2.64. The van der Waals surface area contributed by atoms with Crippen LogP contribution in [0.1, 0.15) is 35.1 Å². The average Bonchev–Trinajstić information content (AvgIpc) is 3.15. The summed E-state index contributed by atoms with van der Waals surface area (Å²) in [5.41, 5.74) is 10.5. The quantitative estimate of drug-likeness (QED) is 0.345. The van der Waals surface area contributed by atoms with E-state index in [1.807, 2.05) is 6.07 Å². The van der Waals surface area contributed by atoms with Gasteiger partial charge in [0.15, 0.2) is 0 Å². The lowest BCUT2D eigenvalue weighted by atomic mass is 9.69. The van der Waals surface area contributed by atoms with Crippen molar-refractivity contribution in [3.63, 3.8) is 0 Å². The molecule has 0 bridgehead atoms. The zero-order chi connectivity index (χ0) is 18.2. The van der Waals surface area contributed by atoms with Gasteiger partial charge in [-0.1, -0.05) is 82.1 Å². The number of halogens is 2. The maximum Gasteiger partial charge on any atom is 0.0723 e. The van der Waals surface area contributed by atoms with E-state index in [9.17, 15) is 0 Å². The molecule has 1 spiro atoms. The predicted octanol–water partition coefficient (Wildman–Crippen LogP) is 7.53. The lowest BCUT2D eigenvalue weighted by Gasteiger charge is -2.32. The minimum atomic E-state index is -0.262. The van der Waals surface area contributed by atoms with Crippen LogP contribution in [0, 0.1) is 0 Å². The summed E-state index contributed by atoms with van der Waals surface area (Å²) < 4.78 is 1.12. The molecule has 0 radical (unpaired) electrons. The minimum absolute atomic E-state index is 0.262. The van der Waals surface area contributed by atoms with Gasteiger partial charge in [-0.05, 0) is 70.0 Å². The number of fused-ring (bicyclic) bond motifs is 9. The summed E-state index contributed by atoms with van der Waals surface area (Å²) in [5, 5.41) is 0.835. The molecule has 0 fully saturated rings. The van der Waals surface area contributed by atoms with Gasteiger partial charge in [-0.25, -0.2) is 0 Å². The van der Waals surface area contributed by atoms with Gasteiger partial charge in [0.1, 0.15) is 0 Å². The van der Waals surface area contributed by atoms with Crippen LogP contribution in [0.15, 0.2) is 82.9 Å². The van der Waals surface area contributed by atoms with Gasteiger partial charge < -0.3 is 0 Å². The van der Waals surface area contributed by atoms with Crippen LogP contribution in [0.4, 0.5) is 0 Å². The second-order valence-electron chi connectivity index (χ2n) is 7.48. The van der Waals surface area contributed by atoms with Crippen molar-refractivity contribution in [3.05, 3.63) is 110 Å². The van der Waals surface area contributed by atoms with Crippen LogP contribution in [0.3, 0.4) is 0 Å². The van der Waals surface area contributed by atoms with Crippen molar-refractivity contribution < 1.29 is 0 Å². The molecule has 3 aromatic carbocycles. The second-order valence-corrected chi connectivity index (χ2v) is 8.80. The third-order valence-electron chi connectivity index (χ3n) is 6.30. The first kappa shape index (κ1) is 15.9. The first-order valence-electron chi connectivity index (χ1n) is 9.32. The number of hydrogen-bond donors (Lipinski definition) is 0. The number of allylic oxidation sites excluding steroid dienone is 4. The van der Waals surface area contributed by atoms with Gasteiger partial charge in [-0.3, -0.25) is 0 Å². The van der Waals surface area contributed by atoms with E-state index in [1.165, 1.54) is 44.5 Å². The van der Waals surface area contributed by atoms with E-state index >= 15 is 0 Å². The summed E-state index contributed by atoms with van der Waals surface area (Å²) in [5.74, 6) is 0. The van der Waals surface area contributed by atoms with Gasteiger partial charge in [-0.15, -0.1) is 0 Å². The molecule has 0 aliphatic heterocycles. The molecule has 0 heterocycles. The third kappa shape index (κ3) is 1.84. The molecule has 27 heavy (non-hydrogen) atoms. The van der Waals surface area contributed by atoms with Gasteiger partial charge in [0, 0.05) is 15.1 Å². The fourth-order valence-corrected chi connectivity index (χ4v) is 6.03. The molecule has 2 heteroatoms. The Kier molecular flexibility index (Phi) is 3.22. The molecular formula is C25H16BrCl. The zero-order valence-electron chi connectivity index (χ0n) is 14.6. The highest BCUT2D eigenvalue weighted by molar-refractivity contribution is 9.10. The SMILES string of the molecule is Clc1cccc2c1-c1ccccc1C21C2=C(CCC=C2)c2ccc(Br)cc21. The first-order valence-corrected chi connectivity index (χ1v) is 10.5. The van der Waals surface area contributed by atoms with Crippen molar-refractivity contribution in [1.82, 2.24) is 0 Å². The van der Waals surface area contributed by atoms with Crippen LogP contribution in [0.25, 0.3) is 16.7 Å². The van der Waals surface area contributed by atoms with Gasteiger partial charge in [0.2, 0.25) is 0 Å². The highest BCUT2D eigenvalue weighted by atomic mass is 79.9. The fourth-order valence-electron chi connectivity index (χ4n) is 5.39. The Morgan fingerprint density at radius 2 is 1.70 bits per heavy atom. The Morgan fingerprint density at radius 1 is 0.852 bits per heavy atom. The van der Waals surface area contributed by atoms with E-state index in [2.05, 4.69) is 82.7 Å². The van der Waals surface area contributed by atoms with Crippen LogP contribution < -0.4 is 0 Å². The summed E-state index contributed by atoms with van der Waals surface area (Å²) in [4.78, 5) is 0. The summed E-state index contributed by atoms with van der Waals surface area (Å²) >= 11 is 10.5. The van der Waals surface area contributed by atoms with E-state index in [-0.39, 0.29) is 5.41 Å². The normalized spacial score (nSPS) is 21.3. The topological polar surface area (TPSA) is 0 Å². The van der Waals surface area contributed by atoms with Crippen LogP contribution in [0.5, 0.6) is 0 Å². The minimum Gasteiger partial charge on any atom is -0.0839 e. The van der Waals surface area contributed by atoms with Crippen molar-refractivity contribution in [2.45, 2.75) is 18.3 Å². The Bertz CT molecular complexity index is 1200. The maximum absolute atomic E-state index is 6.75. The number of rotatable bonds is 0. The molecule has 3 aliphatic carbocycles. The predicted molar refractivity (Wildman–Crippen MR) is 116 cm³/mol. The molecular weight excluding hydrogens is 416 g/mol. The monoisotopic (exact) mass is 430 g/mol. The molecule has 0 saturated heterocycles. The fraction of sp³-hybridized carbons (Fsp3) is 0.120. The largest absolute Gasteiger partial charge is 0.0839 e. The lowest BCUT2D eigenvalue weighted by Crippen LogP contribution is -2.27. The Labute approximate surface area is 172 Å². The molecule has 3 aliphatic rings. The van der Waals surface area contributed by atoms with Crippen molar-refractivity contribution in [3.8, 4) is 11.1 Å². The summed E-state index contributed by atoms with van der Waals surface area (Å²) in [7, 11) is 0. The molecule has 0 saturated carbocycles. The molecule has 0 amide bonds. The Balaban J connectivity index is 1.85. The smallest absolute Gasteiger partial charge is 0.0723 e. The Hall–Kier alpha value is -2.09. The highest BCUT2D eigenvalue weighted by Gasteiger charge is 2.52. The number of benzene rings is 3. The van der Waals surface area contributed by atoms with Crippen LogP contribution >= 0.6 is 27.5 Å². The van der Waals surface area contributed by atoms with Crippen LogP contribution in [-0.4, -0.2) is 0 Å². The van der Waals surface area contributed by atoms with Gasteiger partial charge in [0.25, 0.3) is 0 Å². The molecule has 0 N–H and O–H groups in total. The molecule has 6 rings (SSSR count). The van der Waals surface area contributed by atoms with Crippen molar-refractivity contribution in [2.75, 3.05) is 0 Å². The molecule has 1 atom stereocenters. The van der Waals surface area contributed by atoms with E-state index in [0.29, 0.717) is 0 Å². The third-order valence-corrected chi connectivity index (χ3v) is 7.11. The summed E-state index contributed by atoms with van der Waals surface area (Å²) in [6.07, 6.45) is 6.89. The van der Waals surface area contributed by atoms with E-state index < -0.39 is 0 Å². The zero-order valence-corrected chi connectivity index (χ0v) is 16.9.